The summed E-state index contributed by atoms with van der Waals surface area (Å²) in [5.74, 6) is -1.02. The van der Waals surface area contributed by atoms with Crippen molar-refractivity contribution in [1.29, 1.82) is 0 Å². The smallest absolute Gasteiger partial charge is 0.423 e. The van der Waals surface area contributed by atoms with Crippen LogP contribution in [0.2, 0.25) is 10.0 Å². The van der Waals surface area contributed by atoms with E-state index in [1.54, 1.807) is 26.0 Å². The van der Waals surface area contributed by atoms with E-state index < -0.39 is 52.3 Å². The Labute approximate surface area is 179 Å². The zero-order valence-electron chi connectivity index (χ0n) is 15.6. The molecule has 0 spiro atoms. The van der Waals surface area contributed by atoms with Gasteiger partial charge in [0, 0.05) is 12.0 Å². The molecule has 0 fully saturated rings. The number of nitrogens with zero attached hydrogens (tertiary/aromatic N) is 1. The van der Waals surface area contributed by atoms with Gasteiger partial charge in [0.05, 0.1) is 21.4 Å². The fraction of sp³-hybridized carbons (Fsp3) is 0.316. The molecule has 0 aromatic heterocycles. The molecule has 0 unspecified atom stereocenters. The SMILES string of the molecule is CC1(C)OB(O)c2ccc(C3=NO[C@](c4cc(Cl)c(F)c(Cl)c4)(C(F)(F)F)C3)cc21. The van der Waals surface area contributed by atoms with Crippen LogP contribution in [0, 0.1) is 5.82 Å². The van der Waals surface area contributed by atoms with E-state index in [2.05, 4.69) is 5.16 Å². The maximum Gasteiger partial charge on any atom is 0.492 e. The third-order valence-electron chi connectivity index (χ3n) is 5.34. The summed E-state index contributed by atoms with van der Waals surface area (Å²) < 4.78 is 61.6. The third kappa shape index (κ3) is 3.19. The first-order chi connectivity index (χ1) is 13.9. The molecule has 158 valence electrons. The molecule has 0 radical (unpaired) electrons. The van der Waals surface area contributed by atoms with E-state index in [4.69, 9.17) is 32.7 Å². The van der Waals surface area contributed by atoms with Crippen LogP contribution in [-0.4, -0.2) is 24.0 Å². The molecule has 0 amide bonds. The first-order valence-corrected chi connectivity index (χ1v) is 9.59. The Hall–Kier alpha value is -1.81. The molecule has 2 aliphatic heterocycles. The molecular formula is C19H14BCl2F4NO3. The molecule has 0 aliphatic carbocycles. The standard InChI is InChI=1S/C19H14BCl2F4NO3/c1-17(2)11-5-9(3-4-12(11)20(28)29-17)15-8-18(30-27-15,19(24,25)26)10-6-13(21)16(23)14(22)7-10/h3-7,28H,8H2,1-2H3/t18-/m1/s1. The van der Waals surface area contributed by atoms with E-state index in [1.165, 1.54) is 6.07 Å². The lowest BCUT2D eigenvalue weighted by atomic mass is 9.77. The summed E-state index contributed by atoms with van der Waals surface area (Å²) in [6.45, 7) is 3.47. The van der Waals surface area contributed by atoms with Gasteiger partial charge in [0.1, 0.15) is 0 Å². The van der Waals surface area contributed by atoms with Crippen molar-refractivity contribution in [2.24, 2.45) is 5.16 Å². The van der Waals surface area contributed by atoms with Crippen molar-refractivity contribution in [3.63, 3.8) is 0 Å². The van der Waals surface area contributed by atoms with Crippen LogP contribution >= 0.6 is 23.2 Å². The summed E-state index contributed by atoms with van der Waals surface area (Å²) in [6.07, 6.45) is -5.56. The Balaban J connectivity index is 1.76. The van der Waals surface area contributed by atoms with Gasteiger partial charge >= 0.3 is 13.3 Å². The van der Waals surface area contributed by atoms with Crippen LogP contribution in [0.5, 0.6) is 0 Å². The van der Waals surface area contributed by atoms with Gasteiger partial charge in [-0.05, 0) is 48.6 Å². The molecule has 1 N–H and O–H groups in total. The second kappa shape index (κ2) is 6.85. The van der Waals surface area contributed by atoms with Gasteiger partial charge in [0.2, 0.25) is 0 Å². The third-order valence-corrected chi connectivity index (χ3v) is 5.89. The number of alkyl halides is 3. The van der Waals surface area contributed by atoms with Crippen molar-refractivity contribution in [2.45, 2.75) is 37.6 Å². The number of hydrogen-bond acceptors (Lipinski definition) is 4. The lowest BCUT2D eigenvalue weighted by Gasteiger charge is -2.29. The first kappa shape index (κ1) is 21.4. The van der Waals surface area contributed by atoms with Crippen LogP contribution in [0.1, 0.15) is 37.0 Å². The minimum atomic E-state index is -4.89. The van der Waals surface area contributed by atoms with Crippen molar-refractivity contribution in [2.75, 3.05) is 0 Å². The summed E-state index contributed by atoms with van der Waals surface area (Å²) in [6, 6.07) is 6.40. The van der Waals surface area contributed by atoms with E-state index in [-0.39, 0.29) is 5.71 Å². The molecule has 0 saturated heterocycles. The van der Waals surface area contributed by atoms with Crippen molar-refractivity contribution >= 4 is 41.5 Å². The molecular weight excluding hydrogens is 448 g/mol. The Morgan fingerprint density at radius 1 is 1.13 bits per heavy atom. The zero-order chi connectivity index (χ0) is 22.1. The molecule has 2 aromatic carbocycles. The van der Waals surface area contributed by atoms with Crippen molar-refractivity contribution in [3.8, 4) is 0 Å². The summed E-state index contributed by atoms with van der Waals surface area (Å²) in [7, 11) is -1.12. The highest BCUT2D eigenvalue weighted by Gasteiger charge is 2.62. The van der Waals surface area contributed by atoms with Crippen LogP contribution in [0.15, 0.2) is 35.5 Å². The molecule has 4 rings (SSSR count). The van der Waals surface area contributed by atoms with Gasteiger partial charge < -0.3 is 14.5 Å². The van der Waals surface area contributed by atoms with Crippen LogP contribution < -0.4 is 5.46 Å². The van der Waals surface area contributed by atoms with E-state index in [0.717, 1.165) is 12.1 Å². The molecule has 11 heteroatoms. The lowest BCUT2D eigenvalue weighted by molar-refractivity contribution is -0.275. The maximum atomic E-state index is 14.1. The van der Waals surface area contributed by atoms with Gasteiger partial charge in [-0.2, -0.15) is 13.2 Å². The largest absolute Gasteiger partial charge is 0.492 e. The lowest BCUT2D eigenvalue weighted by Crippen LogP contribution is -2.42. The van der Waals surface area contributed by atoms with Gasteiger partial charge in [-0.1, -0.05) is 40.5 Å². The summed E-state index contributed by atoms with van der Waals surface area (Å²) in [5, 5.41) is 12.6. The summed E-state index contributed by atoms with van der Waals surface area (Å²) >= 11 is 11.4. The minimum absolute atomic E-state index is 0.0314. The summed E-state index contributed by atoms with van der Waals surface area (Å²) in [5.41, 5.74) is -2.58. The summed E-state index contributed by atoms with van der Waals surface area (Å²) in [4.78, 5) is 4.94. The van der Waals surface area contributed by atoms with E-state index >= 15 is 0 Å². The molecule has 2 heterocycles. The quantitative estimate of drug-likeness (QED) is 0.401. The Morgan fingerprint density at radius 2 is 1.77 bits per heavy atom. The highest BCUT2D eigenvalue weighted by atomic mass is 35.5. The molecule has 0 bridgehead atoms. The van der Waals surface area contributed by atoms with Gasteiger partial charge in [-0.25, -0.2) is 4.39 Å². The highest BCUT2D eigenvalue weighted by Crippen LogP contribution is 2.50. The molecule has 2 aromatic rings. The number of oxime groups is 1. The minimum Gasteiger partial charge on any atom is -0.423 e. The second-order valence-electron chi connectivity index (χ2n) is 7.67. The van der Waals surface area contributed by atoms with Crippen molar-refractivity contribution in [1.82, 2.24) is 0 Å². The Bertz CT molecular complexity index is 1050. The second-order valence-corrected chi connectivity index (χ2v) is 8.48. The molecule has 1 atom stereocenters. The monoisotopic (exact) mass is 461 g/mol. The zero-order valence-corrected chi connectivity index (χ0v) is 17.2. The molecule has 30 heavy (non-hydrogen) atoms. The fourth-order valence-corrected chi connectivity index (χ4v) is 4.21. The average Bonchev–Trinajstić information content (AvgIpc) is 3.20. The van der Waals surface area contributed by atoms with Crippen molar-refractivity contribution in [3.05, 3.63) is 62.9 Å². The van der Waals surface area contributed by atoms with Gasteiger partial charge in [0.25, 0.3) is 5.60 Å². The Kier molecular flexibility index (Phi) is 4.89. The first-order valence-electron chi connectivity index (χ1n) is 8.83. The normalized spacial score (nSPS) is 22.7. The van der Waals surface area contributed by atoms with Gasteiger partial charge in [0.15, 0.2) is 5.82 Å². The maximum absolute atomic E-state index is 14.1. The number of benzene rings is 2. The molecule has 4 nitrogen and oxygen atoms in total. The average molecular weight is 462 g/mol. The van der Waals surface area contributed by atoms with E-state index in [0.29, 0.717) is 16.6 Å². The predicted molar refractivity (Wildman–Crippen MR) is 105 cm³/mol. The van der Waals surface area contributed by atoms with Gasteiger partial charge in [-0.15, -0.1) is 0 Å². The van der Waals surface area contributed by atoms with Crippen molar-refractivity contribution < 1.29 is 32.1 Å². The molecule has 0 saturated carbocycles. The van der Waals surface area contributed by atoms with E-state index in [1.807, 2.05) is 0 Å². The van der Waals surface area contributed by atoms with Gasteiger partial charge in [-0.3, -0.25) is 0 Å². The van der Waals surface area contributed by atoms with E-state index in [9.17, 15) is 22.6 Å². The highest BCUT2D eigenvalue weighted by molar-refractivity contribution is 6.62. The predicted octanol–water partition coefficient (Wildman–Crippen LogP) is 4.67. The van der Waals surface area contributed by atoms with Crippen LogP contribution in [0.3, 0.4) is 0 Å². The van der Waals surface area contributed by atoms with Crippen LogP contribution in [0.4, 0.5) is 17.6 Å². The number of rotatable bonds is 2. The topological polar surface area (TPSA) is 51.0 Å². The molecule has 2 aliphatic rings. The number of hydrogen-bond donors (Lipinski definition) is 1. The number of halogens is 6. The number of fused-ring (bicyclic) bond motifs is 1. The fourth-order valence-electron chi connectivity index (χ4n) is 3.73. The Morgan fingerprint density at radius 3 is 2.37 bits per heavy atom. The van der Waals surface area contributed by atoms with Crippen LogP contribution in [-0.2, 0) is 20.7 Å². The van der Waals surface area contributed by atoms with Crippen LogP contribution in [0.25, 0.3) is 0 Å².